The van der Waals surface area contributed by atoms with E-state index in [1.54, 1.807) is 30.3 Å². The van der Waals surface area contributed by atoms with Crippen LogP contribution in [0.4, 0.5) is 5.82 Å². The number of sulfonamides is 1. The van der Waals surface area contributed by atoms with Gasteiger partial charge >= 0.3 is 0 Å². The number of hydrazone groups is 1. The van der Waals surface area contributed by atoms with Gasteiger partial charge in [0, 0.05) is 23.1 Å². The van der Waals surface area contributed by atoms with Gasteiger partial charge in [0.25, 0.3) is 15.9 Å². The van der Waals surface area contributed by atoms with Gasteiger partial charge < -0.3 is 4.57 Å². The van der Waals surface area contributed by atoms with Crippen LogP contribution in [0.15, 0.2) is 95.1 Å². The summed E-state index contributed by atoms with van der Waals surface area (Å²) in [6, 6.07) is 22.2. The zero-order valence-corrected chi connectivity index (χ0v) is 21.2. The number of hydrogen-bond acceptors (Lipinski definition) is 5. The lowest BCUT2D eigenvalue weighted by Crippen LogP contribution is -2.40. The molecule has 0 atom stereocenters. The number of carbonyl (C=O) groups is 1. The number of hydrogen-bond donors (Lipinski definition) is 1. The Labute approximate surface area is 214 Å². The highest BCUT2D eigenvalue weighted by molar-refractivity contribution is 7.92. The van der Waals surface area contributed by atoms with Gasteiger partial charge in [-0.1, -0.05) is 48.0 Å². The SMILES string of the molecule is Cc1cc(/C=N/NC(=O)CN(c2ccccn2)S(=O)(=O)c2ccccc2)c(C)n1-c1ccccc1Cl. The third kappa shape index (κ3) is 5.32. The number of carbonyl (C=O) groups excluding carboxylic acids is 1. The average molecular weight is 522 g/mol. The number of rotatable bonds is 8. The summed E-state index contributed by atoms with van der Waals surface area (Å²) in [5.74, 6) is -0.486. The number of aromatic nitrogens is 2. The van der Waals surface area contributed by atoms with Crippen molar-refractivity contribution >= 4 is 39.6 Å². The Bertz CT molecular complexity index is 1500. The topological polar surface area (TPSA) is 96.7 Å². The minimum absolute atomic E-state index is 0.0546. The molecule has 4 rings (SSSR count). The van der Waals surface area contributed by atoms with E-state index in [1.807, 2.05) is 48.7 Å². The third-order valence-corrected chi connectivity index (χ3v) is 7.56. The van der Waals surface area contributed by atoms with Crippen molar-refractivity contribution in [3.63, 3.8) is 0 Å². The average Bonchev–Trinajstić information content (AvgIpc) is 3.16. The monoisotopic (exact) mass is 521 g/mol. The summed E-state index contributed by atoms with van der Waals surface area (Å²) in [7, 11) is -4.03. The number of nitrogens with one attached hydrogen (secondary N) is 1. The van der Waals surface area contributed by atoms with Crippen molar-refractivity contribution in [1.29, 1.82) is 0 Å². The maximum atomic E-state index is 13.3. The van der Waals surface area contributed by atoms with Crippen LogP contribution in [-0.4, -0.2) is 36.6 Å². The molecule has 10 heteroatoms. The van der Waals surface area contributed by atoms with E-state index in [1.165, 1.54) is 30.6 Å². The lowest BCUT2D eigenvalue weighted by Gasteiger charge is -2.22. The second-order valence-corrected chi connectivity index (χ2v) is 10.2. The van der Waals surface area contributed by atoms with Crippen LogP contribution in [0.5, 0.6) is 0 Å². The first kappa shape index (κ1) is 25.2. The predicted octanol–water partition coefficient (Wildman–Crippen LogP) is 4.49. The van der Waals surface area contributed by atoms with Crippen LogP contribution in [0.1, 0.15) is 17.0 Å². The molecule has 0 fully saturated rings. The Balaban J connectivity index is 1.54. The first-order valence-corrected chi connectivity index (χ1v) is 12.9. The summed E-state index contributed by atoms with van der Waals surface area (Å²) in [6.07, 6.45) is 2.98. The first-order valence-electron chi connectivity index (χ1n) is 11.0. The number of amides is 1. The smallest absolute Gasteiger partial charge is 0.265 e. The molecule has 1 N–H and O–H groups in total. The van der Waals surface area contributed by atoms with Crippen LogP contribution in [0, 0.1) is 13.8 Å². The summed E-state index contributed by atoms with van der Waals surface area (Å²) in [6.45, 7) is 3.38. The number of aryl methyl sites for hydroxylation is 1. The van der Waals surface area contributed by atoms with Crippen LogP contribution in [0.3, 0.4) is 0 Å². The van der Waals surface area contributed by atoms with Crippen LogP contribution < -0.4 is 9.73 Å². The quantitative estimate of drug-likeness (QED) is 0.273. The minimum Gasteiger partial charge on any atom is -0.316 e. The molecule has 2 heterocycles. The maximum absolute atomic E-state index is 13.3. The molecule has 0 radical (unpaired) electrons. The molecule has 0 aliphatic carbocycles. The highest BCUT2D eigenvalue weighted by Crippen LogP contribution is 2.26. The van der Waals surface area contributed by atoms with Crippen molar-refractivity contribution in [3.05, 3.63) is 107 Å². The number of para-hydroxylation sites is 1. The maximum Gasteiger partial charge on any atom is 0.265 e. The van der Waals surface area contributed by atoms with Gasteiger partial charge in [-0.15, -0.1) is 0 Å². The summed E-state index contributed by atoms with van der Waals surface area (Å²) in [4.78, 5) is 16.9. The fourth-order valence-corrected chi connectivity index (χ4v) is 5.39. The molecule has 36 heavy (non-hydrogen) atoms. The second kappa shape index (κ2) is 10.8. The number of benzene rings is 2. The van der Waals surface area contributed by atoms with Crippen molar-refractivity contribution in [2.45, 2.75) is 18.7 Å². The highest BCUT2D eigenvalue weighted by atomic mass is 35.5. The van der Waals surface area contributed by atoms with Gasteiger partial charge in [0.15, 0.2) is 0 Å². The highest BCUT2D eigenvalue weighted by Gasteiger charge is 2.27. The minimum atomic E-state index is -4.03. The van der Waals surface area contributed by atoms with Crippen LogP contribution in [-0.2, 0) is 14.8 Å². The van der Waals surface area contributed by atoms with Crippen molar-refractivity contribution in [1.82, 2.24) is 15.0 Å². The normalized spacial score (nSPS) is 11.5. The number of pyridine rings is 1. The fraction of sp³-hybridized carbons (Fsp3) is 0.115. The molecule has 4 aromatic rings. The van der Waals surface area contributed by atoms with Gasteiger partial charge in [-0.2, -0.15) is 5.10 Å². The number of anilines is 1. The van der Waals surface area contributed by atoms with Gasteiger partial charge in [0.1, 0.15) is 12.4 Å². The van der Waals surface area contributed by atoms with E-state index in [-0.39, 0.29) is 10.7 Å². The molecule has 0 aliphatic rings. The van der Waals surface area contributed by atoms with Gasteiger partial charge in [0.2, 0.25) is 0 Å². The van der Waals surface area contributed by atoms with E-state index < -0.39 is 22.5 Å². The number of nitrogens with zero attached hydrogens (tertiary/aromatic N) is 4. The summed E-state index contributed by atoms with van der Waals surface area (Å²) in [5.41, 5.74) is 5.89. The van der Waals surface area contributed by atoms with Gasteiger partial charge in [-0.3, -0.25) is 4.79 Å². The molecule has 0 aliphatic heterocycles. The van der Waals surface area contributed by atoms with E-state index >= 15 is 0 Å². The molecular formula is C26H24ClN5O3S. The molecule has 0 bridgehead atoms. The Morgan fingerprint density at radius 1 is 1.06 bits per heavy atom. The molecule has 0 saturated carbocycles. The Hall–Kier alpha value is -3.95. The summed E-state index contributed by atoms with van der Waals surface area (Å²) in [5, 5.41) is 4.68. The zero-order valence-electron chi connectivity index (χ0n) is 19.7. The van der Waals surface area contributed by atoms with Gasteiger partial charge in [-0.25, -0.2) is 23.1 Å². The zero-order chi connectivity index (χ0) is 25.7. The van der Waals surface area contributed by atoms with Crippen molar-refractivity contribution in [2.24, 2.45) is 5.10 Å². The molecule has 2 aromatic heterocycles. The van der Waals surface area contributed by atoms with Crippen LogP contribution >= 0.6 is 11.6 Å². The Morgan fingerprint density at radius 2 is 1.75 bits per heavy atom. The van der Waals surface area contributed by atoms with E-state index in [0.29, 0.717) is 5.02 Å². The van der Waals surface area contributed by atoms with Crippen molar-refractivity contribution in [2.75, 3.05) is 10.8 Å². The Kier molecular flexibility index (Phi) is 7.52. The van der Waals surface area contributed by atoms with Crippen molar-refractivity contribution in [3.8, 4) is 5.69 Å². The fourth-order valence-electron chi connectivity index (χ4n) is 3.77. The van der Waals surface area contributed by atoms with E-state index in [4.69, 9.17) is 11.6 Å². The van der Waals surface area contributed by atoms with E-state index in [0.717, 1.165) is 26.9 Å². The summed E-state index contributed by atoms with van der Waals surface area (Å²) >= 11 is 6.37. The standard InChI is InChI=1S/C26H24ClN5O3S/c1-19-16-21(20(2)32(19)24-13-7-6-12-23(24)27)17-29-30-26(33)18-31(25-14-8-9-15-28-25)36(34,35)22-10-4-3-5-11-22/h3-17H,18H2,1-2H3,(H,30,33)/b29-17+. The lowest BCUT2D eigenvalue weighted by atomic mass is 10.2. The van der Waals surface area contributed by atoms with Crippen LogP contribution in [0.2, 0.25) is 5.02 Å². The molecule has 1 amide bonds. The molecule has 0 unspecified atom stereocenters. The molecule has 0 saturated heterocycles. The summed E-state index contributed by atoms with van der Waals surface area (Å²) < 4.78 is 29.5. The van der Waals surface area contributed by atoms with Crippen LogP contribution in [0.25, 0.3) is 5.69 Å². The largest absolute Gasteiger partial charge is 0.316 e. The molecular weight excluding hydrogens is 498 g/mol. The molecule has 184 valence electrons. The first-order chi connectivity index (χ1) is 17.3. The van der Waals surface area contributed by atoms with E-state index in [9.17, 15) is 13.2 Å². The molecule has 0 spiro atoms. The third-order valence-electron chi connectivity index (χ3n) is 5.48. The lowest BCUT2D eigenvalue weighted by molar-refractivity contribution is -0.119. The van der Waals surface area contributed by atoms with Crippen molar-refractivity contribution < 1.29 is 13.2 Å². The predicted molar refractivity (Wildman–Crippen MR) is 141 cm³/mol. The Morgan fingerprint density at radius 3 is 2.44 bits per heavy atom. The number of halogens is 1. The molecule has 8 nitrogen and oxygen atoms in total. The van der Waals surface area contributed by atoms with Gasteiger partial charge in [-0.05, 0) is 56.3 Å². The van der Waals surface area contributed by atoms with Gasteiger partial charge in [0.05, 0.1) is 21.8 Å². The second-order valence-electron chi connectivity index (χ2n) is 7.92. The molecule has 2 aromatic carbocycles. The van der Waals surface area contributed by atoms with E-state index in [2.05, 4.69) is 15.5 Å².